The minimum absolute atomic E-state index is 0.782. The topological polar surface area (TPSA) is 515 Å². The van der Waals surface area contributed by atoms with Gasteiger partial charge in [0.05, 0.1) is 51.8 Å². The Morgan fingerprint density at radius 3 is 1.51 bits per heavy atom. The van der Waals surface area contributed by atoms with Crippen molar-refractivity contribution in [1.29, 1.82) is 0 Å². The molecule has 5 saturated heterocycles. The molecule has 32 nitrogen and oxygen atoms in total. The number of rotatable bonds is 21. The first kappa shape index (κ1) is 60.7. The van der Waals surface area contributed by atoms with E-state index in [2.05, 4.69) is 10.6 Å². The fourth-order valence-corrected chi connectivity index (χ4v) is 8.74. The molecule has 0 radical (unpaired) electrons. The molecule has 0 aromatic heterocycles. The molecule has 420 valence electrons. The van der Waals surface area contributed by atoms with Gasteiger partial charge >= 0.3 is 0 Å². The first-order valence-electron chi connectivity index (χ1n) is 22.9. The Balaban J connectivity index is 1.42. The van der Waals surface area contributed by atoms with Crippen LogP contribution in [0.1, 0.15) is 20.8 Å². The van der Waals surface area contributed by atoms with E-state index < -0.39 is 229 Å². The largest absolute Gasteiger partial charge is 0.394 e. The van der Waals surface area contributed by atoms with Gasteiger partial charge in [0.1, 0.15) is 134 Å². The lowest BCUT2D eigenvalue weighted by molar-refractivity contribution is -0.392. The monoisotopic (exact) mass is 1060 g/mol. The van der Waals surface area contributed by atoms with E-state index in [0.717, 1.165) is 13.8 Å². The maximum atomic E-state index is 12.6. The van der Waals surface area contributed by atoms with Crippen LogP contribution in [-0.4, -0.2) is 321 Å². The molecule has 0 aliphatic carbocycles. The van der Waals surface area contributed by atoms with Gasteiger partial charge in [-0.05, 0) is 6.92 Å². The third kappa shape index (κ3) is 13.7. The molecule has 72 heavy (non-hydrogen) atoms. The summed E-state index contributed by atoms with van der Waals surface area (Å²) in [4.78, 5) is 24.7. The molecular weight excluding hydrogens is 988 g/mol. The number of aliphatic hydroxyl groups is 18. The molecular formula is C40H70N2O30. The zero-order valence-electron chi connectivity index (χ0n) is 38.9. The molecule has 2 amide bonds. The van der Waals surface area contributed by atoms with Crippen molar-refractivity contribution >= 4 is 11.8 Å². The first-order valence-corrected chi connectivity index (χ1v) is 22.9. The lowest BCUT2D eigenvalue weighted by atomic mass is 9.94. The van der Waals surface area contributed by atoms with Crippen LogP contribution in [0.4, 0.5) is 0 Å². The smallest absolute Gasteiger partial charge is 0.217 e. The van der Waals surface area contributed by atoms with Gasteiger partial charge in [-0.15, -0.1) is 0 Å². The second kappa shape index (κ2) is 26.7. The maximum Gasteiger partial charge on any atom is 0.217 e. The van der Waals surface area contributed by atoms with Gasteiger partial charge < -0.3 is 150 Å². The van der Waals surface area contributed by atoms with Gasteiger partial charge in [-0.1, -0.05) is 0 Å². The van der Waals surface area contributed by atoms with Gasteiger partial charge in [-0.25, -0.2) is 0 Å². The highest BCUT2D eigenvalue weighted by Crippen LogP contribution is 2.36. The quantitative estimate of drug-likeness (QED) is 0.0507. The van der Waals surface area contributed by atoms with E-state index in [-0.39, 0.29) is 0 Å². The van der Waals surface area contributed by atoms with Gasteiger partial charge in [0.2, 0.25) is 11.8 Å². The van der Waals surface area contributed by atoms with E-state index in [0.29, 0.717) is 0 Å². The molecule has 5 fully saturated rings. The number of hydrogen-bond donors (Lipinski definition) is 20. The SMILES string of the molecule is CC(=O)N[C@H]1[C@H](O[C@@H]2[C@H](O)[C@@H](O[C@@H]3O[C@@H](C)[C@@H](O)[C@@H](O)[C@@H]3O)[C@H](O[C@@H]([C@@H](O)[C@H](O)CO)[C@H](CO)NC(C)=O)O[C@@H]2CO)O[C@H](CO)[C@@H](O[C@@H]2O[C@H](CO[C@H]3O[C@H](CO)[C@@H](O)[C@H](O)[C@@H]3O)[C@@H](O)[C@H](O)[C@H]2O)[C@@H]1O. The summed E-state index contributed by atoms with van der Waals surface area (Å²) < 4.78 is 57.6. The Morgan fingerprint density at radius 2 is 0.972 bits per heavy atom. The molecule has 20 N–H and O–H groups in total. The summed E-state index contributed by atoms with van der Waals surface area (Å²) in [6, 6.07) is -3.40. The van der Waals surface area contributed by atoms with Crippen molar-refractivity contribution in [3.8, 4) is 0 Å². The maximum absolute atomic E-state index is 12.6. The molecule has 0 bridgehead atoms. The number of ether oxygens (including phenoxy) is 10. The van der Waals surface area contributed by atoms with Crippen LogP contribution in [0.2, 0.25) is 0 Å². The second-order valence-corrected chi connectivity index (χ2v) is 18.0. The fourth-order valence-electron chi connectivity index (χ4n) is 8.74. The molecule has 0 aromatic carbocycles. The normalized spacial score (nSPS) is 45.7. The zero-order valence-corrected chi connectivity index (χ0v) is 38.9. The van der Waals surface area contributed by atoms with E-state index in [1.165, 1.54) is 6.92 Å². The molecule has 5 aliphatic heterocycles. The third-order valence-corrected chi connectivity index (χ3v) is 12.8. The van der Waals surface area contributed by atoms with Gasteiger partial charge in [0.25, 0.3) is 0 Å². The van der Waals surface area contributed by atoms with Crippen molar-refractivity contribution in [2.45, 2.75) is 199 Å². The molecule has 5 rings (SSSR count). The summed E-state index contributed by atoms with van der Waals surface area (Å²) in [6.07, 6.45) is -51.3. The van der Waals surface area contributed by atoms with Crippen LogP contribution >= 0.6 is 0 Å². The summed E-state index contributed by atoms with van der Waals surface area (Å²) in [5, 5.41) is 196. The summed E-state index contributed by atoms with van der Waals surface area (Å²) in [6.45, 7) is -2.53. The average molecular weight is 1060 g/mol. The minimum Gasteiger partial charge on any atom is -0.394 e. The van der Waals surface area contributed by atoms with E-state index in [1.54, 1.807) is 0 Å². The van der Waals surface area contributed by atoms with Crippen molar-refractivity contribution in [2.75, 3.05) is 39.6 Å². The van der Waals surface area contributed by atoms with Crippen LogP contribution in [0.3, 0.4) is 0 Å². The minimum atomic E-state index is -2.23. The van der Waals surface area contributed by atoms with E-state index in [1.807, 2.05) is 0 Å². The van der Waals surface area contributed by atoms with Crippen LogP contribution in [0.15, 0.2) is 0 Å². The van der Waals surface area contributed by atoms with Crippen molar-refractivity contribution in [1.82, 2.24) is 10.6 Å². The van der Waals surface area contributed by atoms with Gasteiger partial charge in [-0.3, -0.25) is 9.59 Å². The molecule has 5 heterocycles. The number of nitrogens with one attached hydrogen (secondary N) is 2. The Hall–Kier alpha value is -2.18. The predicted octanol–water partition coefficient (Wildman–Crippen LogP) is -13.1. The highest BCUT2D eigenvalue weighted by molar-refractivity contribution is 5.73. The van der Waals surface area contributed by atoms with Crippen LogP contribution in [0, 0.1) is 0 Å². The molecule has 0 saturated carbocycles. The first-order chi connectivity index (χ1) is 33.9. The molecule has 5 aliphatic rings. The highest BCUT2D eigenvalue weighted by Gasteiger charge is 2.57. The van der Waals surface area contributed by atoms with Crippen LogP contribution in [0.5, 0.6) is 0 Å². The number of amides is 2. The second-order valence-electron chi connectivity index (χ2n) is 18.0. The Kier molecular flexibility index (Phi) is 22.5. The molecule has 0 aromatic rings. The van der Waals surface area contributed by atoms with Gasteiger partial charge in [-0.2, -0.15) is 0 Å². The number of carbonyl (C=O) groups excluding carboxylic acids is 2. The van der Waals surface area contributed by atoms with E-state index in [4.69, 9.17) is 47.4 Å². The molecule has 32 heteroatoms. The molecule has 0 unspecified atom stereocenters. The Morgan fingerprint density at radius 1 is 0.500 bits per heavy atom. The number of aliphatic hydroxyl groups excluding tert-OH is 18. The zero-order chi connectivity index (χ0) is 53.6. The Bertz CT molecular complexity index is 1680. The molecule has 29 atom stereocenters. The van der Waals surface area contributed by atoms with Crippen molar-refractivity contribution in [3.05, 3.63) is 0 Å². The summed E-state index contributed by atoms with van der Waals surface area (Å²) >= 11 is 0. The lowest BCUT2D eigenvalue weighted by Gasteiger charge is -2.50. The van der Waals surface area contributed by atoms with Crippen LogP contribution < -0.4 is 10.6 Å². The Labute approximate surface area is 409 Å². The standard InChI is InChI=1S/C40H70N2O30/c1-10-20(51)25(56)29(60)38(64-10)72-35-31(62)34(17(8-47)67-40(35)69-32(21(52)14(50)5-44)13(4-43)41-11(2)48)70-36-19(42-12(3)49)24(55)33(16(7-46)66-36)71-39-30(61)27(58)23(54)18(68-39)9-63-37-28(59)26(57)22(53)15(6-45)65-37/h10,13-40,43-47,50-62H,4-9H2,1-3H3,(H,41,48)(H,42,49)/t10-,13-,14+,15+,16+,17+,18+,19+,20+,21-,22+,23+,24+,25+,26-,27-,28-,29-,30+,31-,32+,33+,34-,35+,36-,37-,38-,39-,40-/m0/s1. The summed E-state index contributed by atoms with van der Waals surface area (Å²) in [5.41, 5.74) is 0. The fraction of sp³-hybridized carbons (Fsp3) is 0.950. The van der Waals surface area contributed by atoms with Crippen LogP contribution in [-0.2, 0) is 57.0 Å². The van der Waals surface area contributed by atoms with Crippen molar-refractivity contribution < 1.29 is 149 Å². The third-order valence-electron chi connectivity index (χ3n) is 12.8. The van der Waals surface area contributed by atoms with Crippen molar-refractivity contribution in [3.63, 3.8) is 0 Å². The lowest BCUT2D eigenvalue weighted by Crippen LogP contribution is -2.70. The average Bonchev–Trinajstić information content (AvgIpc) is 3.35. The highest BCUT2D eigenvalue weighted by atomic mass is 16.8. The summed E-state index contributed by atoms with van der Waals surface area (Å²) in [5.74, 6) is -1.65. The van der Waals surface area contributed by atoms with Gasteiger partial charge in [0.15, 0.2) is 31.5 Å². The predicted molar refractivity (Wildman–Crippen MR) is 223 cm³/mol. The van der Waals surface area contributed by atoms with E-state index >= 15 is 0 Å². The van der Waals surface area contributed by atoms with E-state index in [9.17, 15) is 102 Å². The van der Waals surface area contributed by atoms with Crippen molar-refractivity contribution in [2.24, 2.45) is 0 Å². The number of hydrogen-bond acceptors (Lipinski definition) is 30. The molecule has 0 spiro atoms. The number of carbonyl (C=O) groups is 2. The van der Waals surface area contributed by atoms with Crippen LogP contribution in [0.25, 0.3) is 0 Å². The van der Waals surface area contributed by atoms with Gasteiger partial charge in [0, 0.05) is 13.8 Å². The summed E-state index contributed by atoms with van der Waals surface area (Å²) in [7, 11) is 0.